The molecule has 1 aliphatic heterocycles. The number of benzene rings is 2. The summed E-state index contributed by atoms with van der Waals surface area (Å²) < 4.78 is 42.5. The molecule has 0 aliphatic carbocycles. The first kappa shape index (κ1) is 22.8. The highest BCUT2D eigenvalue weighted by Crippen LogP contribution is 2.37. The number of nitrogens with one attached hydrogen (secondary N) is 1. The number of carbonyl (C=O) groups is 1. The van der Waals surface area contributed by atoms with E-state index >= 15 is 0 Å². The number of hydrogen-bond acceptors (Lipinski definition) is 4. The lowest BCUT2D eigenvalue weighted by Crippen LogP contribution is -2.26. The molecule has 9 heteroatoms. The Morgan fingerprint density at radius 1 is 1.06 bits per heavy atom. The molecular weight excluding hydrogens is 433 g/mol. The van der Waals surface area contributed by atoms with Gasteiger partial charge in [-0.05, 0) is 49.2 Å². The Morgan fingerprint density at radius 2 is 1.82 bits per heavy atom. The number of carbonyl (C=O) groups excluding carboxylic acids is 1. The Hall–Kier alpha value is -3.36. The van der Waals surface area contributed by atoms with Crippen LogP contribution in [0.3, 0.4) is 0 Å². The SMILES string of the molecule is CN(C)c1ccc(NC(=O)c2ccc3c(=O)n4c(nc3c2)CCCCCC4)c(C(F)(F)F)c1. The van der Waals surface area contributed by atoms with Crippen LogP contribution in [0.15, 0.2) is 41.2 Å². The van der Waals surface area contributed by atoms with Crippen LogP contribution in [0.25, 0.3) is 10.9 Å². The summed E-state index contributed by atoms with van der Waals surface area (Å²) in [6, 6.07) is 8.17. The molecule has 2 heterocycles. The molecule has 0 atom stereocenters. The van der Waals surface area contributed by atoms with Crippen molar-refractivity contribution in [3.05, 3.63) is 63.7 Å². The molecule has 174 valence electrons. The van der Waals surface area contributed by atoms with Crippen molar-refractivity contribution >= 4 is 28.2 Å². The molecule has 1 N–H and O–H groups in total. The van der Waals surface area contributed by atoms with Crippen molar-refractivity contribution in [2.45, 2.75) is 44.8 Å². The van der Waals surface area contributed by atoms with E-state index in [4.69, 9.17) is 0 Å². The zero-order valence-corrected chi connectivity index (χ0v) is 18.5. The number of amides is 1. The summed E-state index contributed by atoms with van der Waals surface area (Å²) in [6.07, 6.45) is 0.0261. The number of nitrogens with zero attached hydrogens (tertiary/aromatic N) is 3. The van der Waals surface area contributed by atoms with Gasteiger partial charge in [0.05, 0.1) is 22.2 Å². The lowest BCUT2D eigenvalue weighted by Gasteiger charge is -2.19. The summed E-state index contributed by atoms with van der Waals surface area (Å²) in [6.45, 7) is 0.614. The molecule has 0 saturated carbocycles. The van der Waals surface area contributed by atoms with Crippen LogP contribution in [0, 0.1) is 0 Å². The summed E-state index contributed by atoms with van der Waals surface area (Å²) >= 11 is 0. The van der Waals surface area contributed by atoms with E-state index in [1.165, 1.54) is 30.3 Å². The highest BCUT2D eigenvalue weighted by atomic mass is 19.4. The standard InChI is InChI=1S/C24H25F3N4O2/c1-30(2)16-9-11-19(18(14-16)24(25,26)27)29-22(32)15-8-10-17-20(13-15)28-21-7-5-3-4-6-12-31(21)23(17)33/h8-11,13-14H,3-7,12H2,1-2H3,(H,29,32). The molecule has 0 spiro atoms. The van der Waals surface area contributed by atoms with Crippen molar-refractivity contribution in [1.29, 1.82) is 0 Å². The maximum atomic E-state index is 13.6. The van der Waals surface area contributed by atoms with E-state index in [1.807, 2.05) is 0 Å². The first-order valence-corrected chi connectivity index (χ1v) is 10.9. The molecule has 3 aromatic rings. The number of aryl methyl sites for hydroxylation is 1. The van der Waals surface area contributed by atoms with Crippen LogP contribution in [0.2, 0.25) is 0 Å². The molecule has 0 unspecified atom stereocenters. The van der Waals surface area contributed by atoms with Crippen LogP contribution in [-0.2, 0) is 19.1 Å². The normalized spacial score (nSPS) is 14.3. The minimum absolute atomic E-state index is 0.134. The minimum Gasteiger partial charge on any atom is -0.378 e. The van der Waals surface area contributed by atoms with E-state index in [0.29, 0.717) is 35.4 Å². The van der Waals surface area contributed by atoms with Gasteiger partial charge in [-0.25, -0.2) is 4.98 Å². The van der Waals surface area contributed by atoms with Crippen LogP contribution in [-0.4, -0.2) is 29.6 Å². The lowest BCUT2D eigenvalue weighted by molar-refractivity contribution is -0.136. The van der Waals surface area contributed by atoms with Gasteiger partial charge in [-0.3, -0.25) is 14.2 Å². The lowest BCUT2D eigenvalue weighted by atomic mass is 10.1. The van der Waals surface area contributed by atoms with E-state index in [0.717, 1.165) is 31.7 Å². The van der Waals surface area contributed by atoms with Gasteiger partial charge in [0, 0.05) is 38.3 Å². The topological polar surface area (TPSA) is 67.2 Å². The third kappa shape index (κ3) is 4.72. The van der Waals surface area contributed by atoms with Crippen LogP contribution in [0.4, 0.5) is 24.5 Å². The van der Waals surface area contributed by atoms with Gasteiger partial charge in [0.2, 0.25) is 0 Å². The molecule has 0 saturated heterocycles. The van der Waals surface area contributed by atoms with Gasteiger partial charge in [0.1, 0.15) is 5.82 Å². The number of hydrogen-bond donors (Lipinski definition) is 1. The maximum Gasteiger partial charge on any atom is 0.418 e. The number of aromatic nitrogens is 2. The van der Waals surface area contributed by atoms with Gasteiger partial charge in [0.25, 0.3) is 11.5 Å². The van der Waals surface area contributed by atoms with E-state index in [2.05, 4.69) is 10.3 Å². The Morgan fingerprint density at radius 3 is 2.55 bits per heavy atom. The fourth-order valence-electron chi connectivity index (χ4n) is 4.08. The second-order valence-electron chi connectivity index (χ2n) is 8.46. The van der Waals surface area contributed by atoms with Gasteiger partial charge in [-0.1, -0.05) is 12.8 Å². The largest absolute Gasteiger partial charge is 0.418 e. The van der Waals surface area contributed by atoms with Gasteiger partial charge in [-0.15, -0.1) is 0 Å². The molecule has 1 aliphatic rings. The molecule has 0 radical (unpaired) electrons. The minimum atomic E-state index is -4.63. The van der Waals surface area contributed by atoms with Crippen LogP contribution >= 0.6 is 0 Å². The second-order valence-corrected chi connectivity index (χ2v) is 8.46. The van der Waals surface area contributed by atoms with E-state index in [1.54, 1.807) is 23.6 Å². The summed E-state index contributed by atoms with van der Waals surface area (Å²) in [7, 11) is 3.28. The van der Waals surface area contributed by atoms with Crippen molar-refractivity contribution in [3.63, 3.8) is 0 Å². The highest BCUT2D eigenvalue weighted by molar-refractivity contribution is 6.06. The van der Waals surface area contributed by atoms with E-state index in [9.17, 15) is 22.8 Å². The Labute approximate surface area is 189 Å². The number of halogens is 3. The third-order valence-electron chi connectivity index (χ3n) is 5.90. The van der Waals surface area contributed by atoms with E-state index in [-0.39, 0.29) is 16.8 Å². The van der Waals surface area contributed by atoms with Crippen LogP contribution in [0.1, 0.15) is 47.4 Å². The fourth-order valence-corrected chi connectivity index (χ4v) is 4.08. The fraction of sp³-hybridized carbons (Fsp3) is 0.375. The molecule has 1 amide bonds. The number of rotatable bonds is 3. The number of alkyl halides is 3. The van der Waals surface area contributed by atoms with Crippen molar-refractivity contribution in [2.24, 2.45) is 0 Å². The van der Waals surface area contributed by atoms with Gasteiger partial charge < -0.3 is 10.2 Å². The van der Waals surface area contributed by atoms with Crippen molar-refractivity contribution in [3.8, 4) is 0 Å². The molecular formula is C24H25F3N4O2. The zero-order chi connectivity index (χ0) is 23.8. The van der Waals surface area contributed by atoms with Gasteiger partial charge in [0.15, 0.2) is 0 Å². The Balaban J connectivity index is 1.69. The summed E-state index contributed by atoms with van der Waals surface area (Å²) in [4.78, 5) is 31.9. The van der Waals surface area contributed by atoms with Crippen molar-refractivity contribution in [2.75, 3.05) is 24.3 Å². The average Bonchev–Trinajstić information content (AvgIpc) is 2.74. The van der Waals surface area contributed by atoms with Crippen molar-refractivity contribution in [1.82, 2.24) is 9.55 Å². The number of fused-ring (bicyclic) bond motifs is 2. The molecule has 4 rings (SSSR count). The van der Waals surface area contributed by atoms with Crippen LogP contribution < -0.4 is 15.8 Å². The number of anilines is 2. The summed E-state index contributed by atoms with van der Waals surface area (Å²) in [5.41, 5.74) is -0.534. The van der Waals surface area contributed by atoms with Gasteiger partial charge in [-0.2, -0.15) is 13.2 Å². The predicted molar refractivity (Wildman–Crippen MR) is 122 cm³/mol. The first-order valence-electron chi connectivity index (χ1n) is 10.9. The Kier molecular flexibility index (Phi) is 6.14. The molecule has 0 bridgehead atoms. The zero-order valence-electron chi connectivity index (χ0n) is 18.5. The smallest absolute Gasteiger partial charge is 0.378 e. The molecule has 6 nitrogen and oxygen atoms in total. The maximum absolute atomic E-state index is 13.6. The molecule has 1 aromatic heterocycles. The van der Waals surface area contributed by atoms with Crippen molar-refractivity contribution < 1.29 is 18.0 Å². The van der Waals surface area contributed by atoms with E-state index < -0.39 is 17.6 Å². The summed E-state index contributed by atoms with van der Waals surface area (Å²) in [5, 5.41) is 2.76. The van der Waals surface area contributed by atoms with Crippen LogP contribution in [0.5, 0.6) is 0 Å². The average molecular weight is 458 g/mol. The predicted octanol–water partition coefficient (Wildman–Crippen LogP) is 4.85. The van der Waals surface area contributed by atoms with Gasteiger partial charge >= 0.3 is 6.18 Å². The molecule has 0 fully saturated rings. The Bertz CT molecular complexity index is 1270. The first-order chi connectivity index (χ1) is 15.6. The summed E-state index contributed by atoms with van der Waals surface area (Å²) in [5.74, 6) is -0.0166. The quantitative estimate of drug-likeness (QED) is 0.609. The third-order valence-corrected chi connectivity index (χ3v) is 5.90. The monoisotopic (exact) mass is 458 g/mol. The molecule has 33 heavy (non-hydrogen) atoms. The molecule has 2 aromatic carbocycles. The second kappa shape index (κ2) is 8.88. The highest BCUT2D eigenvalue weighted by Gasteiger charge is 2.34.